The Morgan fingerprint density at radius 3 is 2.53 bits per heavy atom. The summed E-state index contributed by atoms with van der Waals surface area (Å²) in [5, 5.41) is 11.7. The summed E-state index contributed by atoms with van der Waals surface area (Å²) in [5.41, 5.74) is 3.51. The van der Waals surface area contributed by atoms with Crippen LogP contribution in [-0.2, 0) is 16.1 Å². The highest BCUT2D eigenvalue weighted by Gasteiger charge is 2.33. The number of ether oxygens (including phenoxy) is 3. The van der Waals surface area contributed by atoms with Crippen LogP contribution in [0.5, 0.6) is 11.5 Å². The van der Waals surface area contributed by atoms with Crippen molar-refractivity contribution in [1.29, 1.82) is 0 Å². The van der Waals surface area contributed by atoms with Crippen molar-refractivity contribution >= 4 is 46.1 Å². The maximum Gasteiger partial charge on any atom is 0.344 e. The highest BCUT2D eigenvalue weighted by molar-refractivity contribution is 8.18. The van der Waals surface area contributed by atoms with Gasteiger partial charge in [0.05, 0.1) is 28.8 Å². The fourth-order valence-corrected chi connectivity index (χ4v) is 5.10. The predicted octanol–water partition coefficient (Wildman–Crippen LogP) is 7.82. The van der Waals surface area contributed by atoms with Gasteiger partial charge in [0, 0.05) is 0 Å². The first kappa shape index (κ1) is 27.4. The van der Waals surface area contributed by atoms with Crippen molar-refractivity contribution in [3.63, 3.8) is 0 Å². The average Bonchev–Trinajstić information content (AvgIpc) is 3.18. The number of aliphatic hydroxyl groups is 1. The molecule has 0 radical (unpaired) electrons. The molecule has 38 heavy (non-hydrogen) atoms. The van der Waals surface area contributed by atoms with Crippen LogP contribution in [0.3, 0.4) is 0 Å². The molecule has 0 saturated carbocycles. The molecule has 0 aliphatic carbocycles. The number of rotatable bonds is 9. The summed E-state index contributed by atoms with van der Waals surface area (Å²) in [7, 11) is 0. The molecule has 3 aromatic rings. The topological polar surface area (TPSA) is 77.4 Å². The number of halogens is 1. The van der Waals surface area contributed by atoms with E-state index in [0.29, 0.717) is 50.9 Å². The minimum Gasteiger partial charge on any atom is -0.506 e. The zero-order valence-corrected chi connectivity index (χ0v) is 22.9. The van der Waals surface area contributed by atoms with Gasteiger partial charge in [-0.05, 0) is 62.2 Å². The second kappa shape index (κ2) is 12.7. The molecular weight excluding hydrogens is 522 g/mol. The zero-order valence-electron chi connectivity index (χ0n) is 21.4. The molecule has 1 aliphatic rings. The Bertz CT molecular complexity index is 1420. The molecule has 0 atom stereocenters. The summed E-state index contributed by atoms with van der Waals surface area (Å²) < 4.78 is 17.1. The molecule has 3 aromatic carbocycles. The van der Waals surface area contributed by atoms with Crippen molar-refractivity contribution in [3.05, 3.63) is 105 Å². The number of hydrogen-bond donors (Lipinski definition) is 1. The predicted molar refractivity (Wildman–Crippen MR) is 154 cm³/mol. The van der Waals surface area contributed by atoms with Gasteiger partial charge in [0.2, 0.25) is 0 Å². The van der Waals surface area contributed by atoms with Crippen LogP contribution in [-0.4, -0.2) is 29.3 Å². The highest BCUT2D eigenvalue weighted by Crippen LogP contribution is 2.42. The van der Waals surface area contributed by atoms with E-state index >= 15 is 0 Å². The Morgan fingerprint density at radius 1 is 1.03 bits per heavy atom. The van der Waals surface area contributed by atoms with Gasteiger partial charge >= 0.3 is 5.97 Å². The Kier molecular flexibility index (Phi) is 9.15. The standard InChI is InChI=1S/C30H28ClNO5S/c1-4-35-24-16-21(15-23(31)28(24)37-18-20-11-9-10-19(3)14-20)17-25-27(33)26(30(34)36-5-2)29(38-25)32-22-12-7-6-8-13-22/h6-17,33H,4-5,18H2,1-3H3/b25-17-,32-29?. The third-order valence-corrected chi connectivity index (χ3v) is 6.75. The van der Waals surface area contributed by atoms with Crippen LogP contribution in [0.15, 0.2) is 88.0 Å². The van der Waals surface area contributed by atoms with Crippen LogP contribution < -0.4 is 9.47 Å². The number of benzene rings is 3. The van der Waals surface area contributed by atoms with E-state index in [4.69, 9.17) is 25.8 Å². The lowest BCUT2D eigenvalue weighted by atomic mass is 10.1. The van der Waals surface area contributed by atoms with E-state index < -0.39 is 5.97 Å². The van der Waals surface area contributed by atoms with Crippen LogP contribution in [0.2, 0.25) is 5.02 Å². The monoisotopic (exact) mass is 549 g/mol. The van der Waals surface area contributed by atoms with E-state index in [9.17, 15) is 9.90 Å². The lowest BCUT2D eigenvalue weighted by Gasteiger charge is -2.15. The lowest BCUT2D eigenvalue weighted by molar-refractivity contribution is -0.138. The summed E-state index contributed by atoms with van der Waals surface area (Å²) in [4.78, 5) is 17.7. The molecule has 0 unspecified atom stereocenters. The van der Waals surface area contributed by atoms with E-state index in [0.717, 1.165) is 11.1 Å². The molecule has 8 heteroatoms. The fourth-order valence-electron chi connectivity index (χ4n) is 3.79. The Hall–Kier alpha value is -3.68. The minimum absolute atomic E-state index is 0.0289. The van der Waals surface area contributed by atoms with Gasteiger partial charge in [-0.3, -0.25) is 0 Å². The van der Waals surface area contributed by atoms with Crippen LogP contribution >= 0.6 is 23.4 Å². The van der Waals surface area contributed by atoms with Crippen LogP contribution in [0, 0.1) is 6.92 Å². The summed E-state index contributed by atoms with van der Waals surface area (Å²) in [6, 6.07) is 20.8. The molecular formula is C30H28ClNO5S. The molecule has 0 saturated heterocycles. The molecule has 0 aromatic heterocycles. The number of para-hydroxylation sites is 1. The first-order valence-corrected chi connectivity index (χ1v) is 13.4. The number of esters is 1. The Labute approximate surface area is 231 Å². The van der Waals surface area contributed by atoms with E-state index in [1.165, 1.54) is 11.8 Å². The van der Waals surface area contributed by atoms with E-state index in [1.54, 1.807) is 25.1 Å². The number of aliphatic hydroxyl groups excluding tert-OH is 1. The average molecular weight is 550 g/mol. The summed E-state index contributed by atoms with van der Waals surface area (Å²) >= 11 is 7.81. The van der Waals surface area contributed by atoms with Crippen LogP contribution in [0.25, 0.3) is 6.08 Å². The van der Waals surface area contributed by atoms with E-state index in [-0.39, 0.29) is 17.9 Å². The van der Waals surface area contributed by atoms with Gasteiger partial charge in [0.25, 0.3) is 0 Å². The zero-order chi connectivity index (χ0) is 27.1. The van der Waals surface area contributed by atoms with Gasteiger partial charge in [0.15, 0.2) is 11.5 Å². The number of thioether (sulfide) groups is 1. The van der Waals surface area contributed by atoms with Crippen molar-refractivity contribution < 1.29 is 24.1 Å². The third-order valence-electron chi connectivity index (χ3n) is 5.45. The van der Waals surface area contributed by atoms with Gasteiger partial charge in [-0.1, -0.05) is 71.4 Å². The molecule has 0 amide bonds. The lowest BCUT2D eigenvalue weighted by Crippen LogP contribution is -2.12. The molecule has 6 nitrogen and oxygen atoms in total. The largest absolute Gasteiger partial charge is 0.506 e. The van der Waals surface area contributed by atoms with Crippen molar-refractivity contribution in [3.8, 4) is 11.5 Å². The third kappa shape index (κ3) is 6.60. The molecule has 0 bridgehead atoms. The van der Waals surface area contributed by atoms with Crippen LogP contribution in [0.4, 0.5) is 5.69 Å². The smallest absolute Gasteiger partial charge is 0.344 e. The molecule has 1 aliphatic heterocycles. The number of carbonyl (C=O) groups excluding carboxylic acids is 1. The first-order valence-electron chi connectivity index (χ1n) is 12.2. The number of aliphatic imine (C=N–C) groups is 1. The van der Waals surface area contributed by atoms with Crippen LogP contribution in [0.1, 0.15) is 30.5 Å². The normalized spacial score (nSPS) is 15.3. The van der Waals surface area contributed by atoms with E-state index in [2.05, 4.69) is 11.1 Å². The van der Waals surface area contributed by atoms with Crippen molar-refractivity contribution in [2.24, 2.45) is 4.99 Å². The van der Waals surface area contributed by atoms with Gasteiger partial charge in [-0.2, -0.15) is 0 Å². The molecule has 1 heterocycles. The minimum atomic E-state index is -0.636. The van der Waals surface area contributed by atoms with Gasteiger partial charge in [-0.25, -0.2) is 9.79 Å². The summed E-state index contributed by atoms with van der Waals surface area (Å²) in [6.07, 6.45) is 1.73. The van der Waals surface area contributed by atoms with Crippen molar-refractivity contribution in [1.82, 2.24) is 0 Å². The molecule has 0 fully saturated rings. The Morgan fingerprint density at radius 2 is 1.82 bits per heavy atom. The van der Waals surface area contributed by atoms with Crippen molar-refractivity contribution in [2.45, 2.75) is 27.4 Å². The number of carbonyl (C=O) groups is 1. The second-order valence-electron chi connectivity index (χ2n) is 8.35. The van der Waals surface area contributed by atoms with Gasteiger partial charge < -0.3 is 19.3 Å². The highest BCUT2D eigenvalue weighted by atomic mass is 35.5. The quantitative estimate of drug-likeness (QED) is 0.274. The molecule has 4 rings (SSSR count). The molecule has 196 valence electrons. The first-order chi connectivity index (χ1) is 18.4. The summed E-state index contributed by atoms with van der Waals surface area (Å²) in [6.45, 7) is 6.54. The second-order valence-corrected chi connectivity index (χ2v) is 9.79. The summed E-state index contributed by atoms with van der Waals surface area (Å²) in [5.74, 6) is 0.0878. The van der Waals surface area contributed by atoms with E-state index in [1.807, 2.05) is 62.4 Å². The van der Waals surface area contributed by atoms with Gasteiger partial charge in [-0.15, -0.1) is 0 Å². The number of hydrogen-bond acceptors (Lipinski definition) is 7. The van der Waals surface area contributed by atoms with Crippen molar-refractivity contribution in [2.75, 3.05) is 13.2 Å². The fraction of sp³-hybridized carbons (Fsp3) is 0.200. The SMILES string of the molecule is CCOC(=O)C1=C(O)/C(=C/c2cc(Cl)c(OCc3cccc(C)c3)c(OCC)c2)SC1=Nc1ccccc1. The maximum absolute atomic E-state index is 12.7. The number of nitrogens with zero attached hydrogens (tertiary/aromatic N) is 1. The Balaban J connectivity index is 1.68. The maximum atomic E-state index is 12.7. The molecule has 0 spiro atoms. The number of aryl methyl sites for hydroxylation is 1. The molecule has 1 N–H and O–H groups in total. The van der Waals surface area contributed by atoms with Gasteiger partial charge in [0.1, 0.15) is 23.0 Å².